The van der Waals surface area contributed by atoms with Gasteiger partial charge in [0.25, 0.3) is 0 Å². The molecule has 7 nitrogen and oxygen atoms in total. The van der Waals surface area contributed by atoms with Gasteiger partial charge >= 0.3 is 11.7 Å². The summed E-state index contributed by atoms with van der Waals surface area (Å²) in [5, 5.41) is 5.09. The molecule has 0 aliphatic rings. The van der Waals surface area contributed by atoms with Crippen LogP contribution < -0.4 is 16.4 Å². The number of aromatic nitrogens is 3. The Bertz CT molecular complexity index is 490. The second kappa shape index (κ2) is 4.40. The zero-order valence-electron chi connectivity index (χ0n) is 10.3. The fourth-order valence-electron chi connectivity index (χ4n) is 1.35. The SMILES string of the molecule is Cc1nn(C(C)(C)CCl)c(=O)n1N(C)C(N)=O. The molecule has 0 saturated carbocycles. The van der Waals surface area contributed by atoms with Crippen LogP contribution in [0.25, 0.3) is 0 Å². The van der Waals surface area contributed by atoms with Gasteiger partial charge in [-0.25, -0.2) is 19.3 Å². The van der Waals surface area contributed by atoms with Crippen LogP contribution in [-0.2, 0) is 5.54 Å². The highest BCUT2D eigenvalue weighted by Crippen LogP contribution is 2.13. The summed E-state index contributed by atoms with van der Waals surface area (Å²) in [4.78, 5) is 23.2. The second-order valence-corrected chi connectivity index (χ2v) is 4.63. The molecule has 0 aliphatic heterocycles. The molecule has 0 fully saturated rings. The van der Waals surface area contributed by atoms with Gasteiger partial charge in [-0.15, -0.1) is 11.6 Å². The van der Waals surface area contributed by atoms with E-state index in [0.29, 0.717) is 5.82 Å². The number of hydrogen-bond donors (Lipinski definition) is 1. The summed E-state index contributed by atoms with van der Waals surface area (Å²) in [6, 6.07) is -0.738. The smallest absolute Gasteiger partial charge is 0.350 e. The molecule has 0 radical (unpaired) electrons. The van der Waals surface area contributed by atoms with Gasteiger partial charge in [-0.1, -0.05) is 0 Å². The van der Waals surface area contributed by atoms with Gasteiger partial charge in [0.2, 0.25) is 0 Å². The number of amides is 2. The van der Waals surface area contributed by atoms with Crippen LogP contribution in [0.1, 0.15) is 19.7 Å². The minimum absolute atomic E-state index is 0.226. The van der Waals surface area contributed by atoms with Gasteiger partial charge in [-0.2, -0.15) is 9.77 Å². The van der Waals surface area contributed by atoms with E-state index in [2.05, 4.69) is 5.10 Å². The van der Waals surface area contributed by atoms with Gasteiger partial charge in [-0.3, -0.25) is 0 Å². The minimum atomic E-state index is -0.738. The Hall–Kier alpha value is -1.50. The summed E-state index contributed by atoms with van der Waals surface area (Å²) < 4.78 is 2.35. The lowest BCUT2D eigenvalue weighted by Gasteiger charge is -2.20. The molecular weight excluding hydrogens is 246 g/mol. The normalized spacial score (nSPS) is 11.6. The van der Waals surface area contributed by atoms with Crippen molar-refractivity contribution < 1.29 is 4.79 Å². The molecule has 0 unspecified atom stereocenters. The number of aryl methyl sites for hydroxylation is 1. The average molecular weight is 262 g/mol. The van der Waals surface area contributed by atoms with Crippen LogP contribution in [0.4, 0.5) is 4.79 Å². The number of primary amides is 1. The van der Waals surface area contributed by atoms with E-state index in [1.54, 1.807) is 20.8 Å². The molecule has 96 valence electrons. The van der Waals surface area contributed by atoms with Crippen molar-refractivity contribution in [3.05, 3.63) is 16.3 Å². The Labute approximate surface area is 104 Å². The number of halogens is 1. The zero-order chi connectivity index (χ0) is 13.4. The fraction of sp³-hybridized carbons (Fsp3) is 0.667. The number of alkyl halides is 1. The Balaban J connectivity index is 3.39. The first-order valence-electron chi connectivity index (χ1n) is 5.01. The molecule has 0 spiro atoms. The maximum atomic E-state index is 12.1. The molecule has 1 aromatic rings. The topological polar surface area (TPSA) is 86.2 Å². The van der Waals surface area contributed by atoms with Crippen LogP contribution in [0, 0.1) is 6.92 Å². The van der Waals surface area contributed by atoms with Crippen LogP contribution in [0.3, 0.4) is 0 Å². The molecule has 1 rings (SSSR count). The summed E-state index contributed by atoms with van der Waals surface area (Å²) in [5.74, 6) is 0.596. The molecule has 2 N–H and O–H groups in total. The first-order chi connectivity index (χ1) is 7.72. The van der Waals surface area contributed by atoms with Crippen LogP contribution in [-0.4, -0.2) is 33.4 Å². The van der Waals surface area contributed by atoms with E-state index in [4.69, 9.17) is 17.3 Å². The predicted molar refractivity (Wildman–Crippen MR) is 65.0 cm³/mol. The van der Waals surface area contributed by atoms with Gasteiger partial charge in [0.05, 0.1) is 5.54 Å². The van der Waals surface area contributed by atoms with Crippen LogP contribution >= 0.6 is 11.6 Å². The molecule has 2 amide bonds. The van der Waals surface area contributed by atoms with Crippen molar-refractivity contribution in [2.24, 2.45) is 5.73 Å². The second-order valence-electron chi connectivity index (χ2n) is 4.36. The Morgan fingerprint density at radius 3 is 2.53 bits per heavy atom. The van der Waals surface area contributed by atoms with E-state index in [-0.39, 0.29) is 5.88 Å². The van der Waals surface area contributed by atoms with Gasteiger partial charge < -0.3 is 5.73 Å². The molecular formula is C9H16ClN5O2. The predicted octanol–water partition coefficient (Wildman–Crippen LogP) is -0.0264. The Morgan fingerprint density at radius 2 is 2.12 bits per heavy atom. The number of rotatable bonds is 3. The van der Waals surface area contributed by atoms with Crippen molar-refractivity contribution in [2.75, 3.05) is 17.9 Å². The Morgan fingerprint density at radius 1 is 1.59 bits per heavy atom. The third-order valence-electron chi connectivity index (χ3n) is 2.43. The quantitative estimate of drug-likeness (QED) is 0.776. The highest BCUT2D eigenvalue weighted by atomic mass is 35.5. The van der Waals surface area contributed by atoms with E-state index in [1.807, 2.05) is 0 Å². The highest BCUT2D eigenvalue weighted by molar-refractivity contribution is 6.18. The number of hydrogen-bond acceptors (Lipinski definition) is 3. The summed E-state index contributed by atoms with van der Waals surface area (Å²) in [6.45, 7) is 5.17. The van der Waals surface area contributed by atoms with Gasteiger partial charge in [0, 0.05) is 12.9 Å². The first kappa shape index (κ1) is 13.6. The van der Waals surface area contributed by atoms with Crippen molar-refractivity contribution in [3.63, 3.8) is 0 Å². The molecule has 0 saturated heterocycles. The number of nitrogens with two attached hydrogens (primary N) is 1. The molecule has 1 heterocycles. The number of carbonyl (C=O) groups excluding carboxylic acids is 1. The summed E-state index contributed by atoms with van der Waals surface area (Å²) in [6.07, 6.45) is 0. The standard InChI is InChI=1S/C9H16ClN5O2/c1-6-12-15(9(2,3)5-10)8(17)14(6)13(4)7(11)16/h5H2,1-4H3,(H2,11,16). The van der Waals surface area contributed by atoms with Crippen LogP contribution in [0.2, 0.25) is 0 Å². The molecule has 0 atom stereocenters. The van der Waals surface area contributed by atoms with E-state index >= 15 is 0 Å². The molecule has 0 aromatic carbocycles. The molecule has 0 aliphatic carbocycles. The molecule has 0 bridgehead atoms. The summed E-state index contributed by atoms with van der Waals surface area (Å²) in [7, 11) is 1.40. The van der Waals surface area contributed by atoms with Crippen molar-refractivity contribution in [1.82, 2.24) is 14.5 Å². The van der Waals surface area contributed by atoms with Gasteiger partial charge in [0.15, 0.2) is 5.82 Å². The molecule has 17 heavy (non-hydrogen) atoms. The molecule has 8 heteroatoms. The summed E-state index contributed by atoms with van der Waals surface area (Å²) in [5.41, 5.74) is 4.04. The van der Waals surface area contributed by atoms with Gasteiger partial charge in [-0.05, 0) is 20.8 Å². The first-order valence-corrected chi connectivity index (χ1v) is 5.54. The minimum Gasteiger partial charge on any atom is -0.350 e. The van der Waals surface area contributed by atoms with E-state index in [0.717, 1.165) is 9.69 Å². The monoisotopic (exact) mass is 261 g/mol. The van der Waals surface area contributed by atoms with E-state index < -0.39 is 17.3 Å². The largest absolute Gasteiger partial charge is 0.365 e. The van der Waals surface area contributed by atoms with Crippen molar-refractivity contribution in [2.45, 2.75) is 26.3 Å². The third kappa shape index (κ3) is 2.28. The maximum absolute atomic E-state index is 12.1. The zero-order valence-corrected chi connectivity index (χ0v) is 11.0. The van der Waals surface area contributed by atoms with Crippen molar-refractivity contribution >= 4 is 17.6 Å². The lowest BCUT2D eigenvalue weighted by Crippen LogP contribution is -2.49. The van der Waals surface area contributed by atoms with E-state index in [1.165, 1.54) is 11.7 Å². The number of carbonyl (C=O) groups is 1. The van der Waals surface area contributed by atoms with Crippen LogP contribution in [0.5, 0.6) is 0 Å². The van der Waals surface area contributed by atoms with E-state index in [9.17, 15) is 9.59 Å². The number of urea groups is 1. The Kier molecular flexibility index (Phi) is 3.51. The number of nitrogens with zero attached hydrogens (tertiary/aromatic N) is 4. The lowest BCUT2D eigenvalue weighted by atomic mass is 10.1. The fourth-order valence-corrected chi connectivity index (χ4v) is 1.47. The average Bonchev–Trinajstić information content (AvgIpc) is 2.54. The third-order valence-corrected chi connectivity index (χ3v) is 3.09. The maximum Gasteiger partial charge on any atom is 0.365 e. The lowest BCUT2D eigenvalue weighted by molar-refractivity contribution is 0.249. The van der Waals surface area contributed by atoms with Crippen molar-refractivity contribution in [3.8, 4) is 0 Å². The molecule has 1 aromatic heterocycles. The highest BCUT2D eigenvalue weighted by Gasteiger charge is 2.26. The summed E-state index contributed by atoms with van der Waals surface area (Å²) >= 11 is 5.79. The van der Waals surface area contributed by atoms with Gasteiger partial charge in [0.1, 0.15) is 0 Å². The van der Waals surface area contributed by atoms with Crippen molar-refractivity contribution in [1.29, 1.82) is 0 Å². The van der Waals surface area contributed by atoms with Crippen LogP contribution in [0.15, 0.2) is 4.79 Å².